The highest BCUT2D eigenvalue weighted by molar-refractivity contribution is 7.73. The smallest absolute Gasteiger partial charge is 0.209 e. The molecule has 0 aliphatic carbocycles. The third-order valence-corrected chi connectivity index (χ3v) is 6.84. The van der Waals surface area contributed by atoms with Gasteiger partial charge in [-0.05, 0) is 42.7 Å². The number of hydrogen-bond acceptors (Lipinski definition) is 5. The number of thiophene rings is 1. The van der Waals surface area contributed by atoms with Gasteiger partial charge in [0.25, 0.3) is 0 Å². The topological polar surface area (TPSA) is 34.3 Å². The number of rotatable bonds is 5. The molecule has 1 saturated heterocycles. The van der Waals surface area contributed by atoms with Gasteiger partial charge in [0, 0.05) is 18.5 Å². The first-order valence-electron chi connectivity index (χ1n) is 8.49. The van der Waals surface area contributed by atoms with Crippen LogP contribution in [0.3, 0.4) is 0 Å². The van der Waals surface area contributed by atoms with E-state index in [2.05, 4.69) is 54.0 Å². The second-order valence-corrected chi connectivity index (χ2v) is 9.04. The van der Waals surface area contributed by atoms with Crippen LogP contribution in [0.1, 0.15) is 29.3 Å². The molecule has 2 aromatic heterocycles. The predicted molar refractivity (Wildman–Crippen MR) is 108 cm³/mol. The molecule has 7 heteroatoms. The Balaban J connectivity index is 1.49. The van der Waals surface area contributed by atoms with E-state index in [0.717, 1.165) is 21.4 Å². The molecule has 0 amide bonds. The maximum atomic E-state index is 5.55. The molecule has 25 heavy (non-hydrogen) atoms. The molecule has 0 spiro atoms. The van der Waals surface area contributed by atoms with E-state index in [1.165, 1.54) is 29.8 Å². The fourth-order valence-corrected chi connectivity index (χ4v) is 5.29. The van der Waals surface area contributed by atoms with E-state index in [9.17, 15) is 0 Å². The second-order valence-electron chi connectivity index (χ2n) is 6.44. The Kier molecular flexibility index (Phi) is 4.98. The number of nitrogens with one attached hydrogen (secondary N) is 2. The van der Waals surface area contributed by atoms with Gasteiger partial charge >= 0.3 is 0 Å². The zero-order valence-corrected chi connectivity index (χ0v) is 16.5. The third-order valence-electron chi connectivity index (χ3n) is 4.63. The van der Waals surface area contributed by atoms with Crippen LogP contribution in [-0.2, 0) is 6.67 Å². The molecule has 1 aliphatic heterocycles. The summed E-state index contributed by atoms with van der Waals surface area (Å²) in [5.41, 5.74) is 2.30. The molecule has 0 saturated carbocycles. The van der Waals surface area contributed by atoms with Crippen LogP contribution in [0.15, 0.2) is 41.8 Å². The third kappa shape index (κ3) is 3.84. The Hall–Kier alpha value is -1.54. The van der Waals surface area contributed by atoms with Crippen LogP contribution in [0.5, 0.6) is 0 Å². The number of nitrogens with zero attached hydrogens (tertiary/aromatic N) is 2. The van der Waals surface area contributed by atoms with Crippen molar-refractivity contribution in [3.63, 3.8) is 0 Å². The molecule has 1 aromatic carbocycles. The SMILES string of the molecule is Cc1ccc(Nc2nn(C[NH+]3CCC[C@H]3c3cccs3)c(=S)s2)cc1. The molecule has 2 N–H and O–H groups in total. The summed E-state index contributed by atoms with van der Waals surface area (Å²) in [4.78, 5) is 3.04. The van der Waals surface area contributed by atoms with Crippen LogP contribution in [0.2, 0.25) is 0 Å². The van der Waals surface area contributed by atoms with Crippen LogP contribution >= 0.6 is 34.9 Å². The second kappa shape index (κ2) is 7.37. The van der Waals surface area contributed by atoms with Gasteiger partial charge in [0.15, 0.2) is 10.6 Å². The van der Waals surface area contributed by atoms with Crippen molar-refractivity contribution < 1.29 is 4.90 Å². The Morgan fingerprint density at radius 2 is 2.16 bits per heavy atom. The summed E-state index contributed by atoms with van der Waals surface area (Å²) < 4.78 is 2.82. The number of quaternary nitrogens is 1. The minimum Gasteiger partial charge on any atom is -0.330 e. The number of aromatic nitrogens is 2. The summed E-state index contributed by atoms with van der Waals surface area (Å²) in [6, 6.07) is 13.3. The fourth-order valence-electron chi connectivity index (χ4n) is 3.34. The fraction of sp³-hybridized carbons (Fsp3) is 0.333. The normalized spacial score (nSPS) is 20.0. The van der Waals surface area contributed by atoms with Crippen molar-refractivity contribution in [2.24, 2.45) is 0 Å². The molecule has 4 nitrogen and oxygen atoms in total. The lowest BCUT2D eigenvalue weighted by Crippen LogP contribution is -3.09. The van der Waals surface area contributed by atoms with Gasteiger partial charge in [-0.3, -0.25) is 0 Å². The summed E-state index contributed by atoms with van der Waals surface area (Å²) in [7, 11) is 0. The quantitative estimate of drug-likeness (QED) is 0.643. The molecule has 3 aromatic rings. The molecule has 4 rings (SSSR count). The molecule has 0 radical (unpaired) electrons. The zero-order valence-electron chi connectivity index (χ0n) is 14.1. The first-order valence-corrected chi connectivity index (χ1v) is 10.6. The van der Waals surface area contributed by atoms with Gasteiger partial charge in [-0.15, -0.1) is 16.4 Å². The van der Waals surface area contributed by atoms with Gasteiger partial charge in [-0.2, -0.15) is 4.68 Å². The monoisotopic (exact) mass is 389 g/mol. The van der Waals surface area contributed by atoms with Gasteiger partial charge in [-0.25, -0.2) is 0 Å². The van der Waals surface area contributed by atoms with Crippen LogP contribution in [0.25, 0.3) is 0 Å². The minimum atomic E-state index is 0.581. The van der Waals surface area contributed by atoms with Crippen molar-refractivity contribution in [1.82, 2.24) is 9.78 Å². The van der Waals surface area contributed by atoms with E-state index in [1.807, 2.05) is 16.0 Å². The van der Waals surface area contributed by atoms with Crippen molar-refractivity contribution in [1.29, 1.82) is 0 Å². The van der Waals surface area contributed by atoms with E-state index in [1.54, 1.807) is 16.2 Å². The molecule has 3 heterocycles. The Morgan fingerprint density at radius 1 is 1.32 bits per heavy atom. The first kappa shape index (κ1) is 16.9. The minimum absolute atomic E-state index is 0.581. The van der Waals surface area contributed by atoms with Crippen molar-refractivity contribution in [3.05, 3.63) is 56.2 Å². The lowest BCUT2D eigenvalue weighted by Gasteiger charge is -2.20. The van der Waals surface area contributed by atoms with Gasteiger partial charge in [0.1, 0.15) is 6.04 Å². The molecular weight excluding hydrogens is 368 g/mol. The highest BCUT2D eigenvalue weighted by Gasteiger charge is 2.31. The average Bonchev–Trinajstić information content (AvgIpc) is 3.32. The molecular formula is C18H21N4S3+. The Morgan fingerprint density at radius 3 is 2.92 bits per heavy atom. The highest BCUT2D eigenvalue weighted by atomic mass is 32.1. The summed E-state index contributed by atoms with van der Waals surface area (Å²) >= 11 is 8.95. The Labute approximate surface area is 160 Å². The summed E-state index contributed by atoms with van der Waals surface area (Å²) in [6.07, 6.45) is 2.52. The van der Waals surface area contributed by atoms with Gasteiger partial charge in [-0.1, -0.05) is 35.1 Å². The standard InChI is InChI=1S/C18H20N4S3/c1-13-6-8-14(9-7-13)19-17-20-22(18(23)25-17)12-21-10-2-4-15(21)16-5-3-11-24-16/h3,5-9,11,15H,2,4,10,12H2,1H3,(H,19,20)/p+1/t15-/m0/s1. The van der Waals surface area contributed by atoms with E-state index in [4.69, 9.17) is 17.3 Å². The molecule has 2 atom stereocenters. The number of benzene rings is 1. The molecule has 1 fully saturated rings. The van der Waals surface area contributed by atoms with Crippen molar-refractivity contribution in [2.75, 3.05) is 11.9 Å². The van der Waals surface area contributed by atoms with Crippen LogP contribution in [0, 0.1) is 10.9 Å². The molecule has 130 valence electrons. The molecule has 1 aliphatic rings. The van der Waals surface area contributed by atoms with E-state index < -0.39 is 0 Å². The largest absolute Gasteiger partial charge is 0.330 e. The van der Waals surface area contributed by atoms with Crippen molar-refractivity contribution >= 4 is 45.7 Å². The average molecular weight is 390 g/mol. The predicted octanol–water partition coefficient (Wildman–Crippen LogP) is 4.17. The molecule has 0 bridgehead atoms. The van der Waals surface area contributed by atoms with Crippen molar-refractivity contribution in [3.8, 4) is 0 Å². The summed E-state index contributed by atoms with van der Waals surface area (Å²) in [5.74, 6) is 0. The maximum Gasteiger partial charge on any atom is 0.209 e. The molecule has 1 unspecified atom stereocenters. The van der Waals surface area contributed by atoms with Crippen LogP contribution in [0.4, 0.5) is 10.8 Å². The summed E-state index contributed by atoms with van der Waals surface area (Å²) in [6.45, 7) is 4.11. The van der Waals surface area contributed by atoms with E-state index in [0.29, 0.717) is 6.04 Å². The number of hydrogen-bond donors (Lipinski definition) is 2. The van der Waals surface area contributed by atoms with Gasteiger partial charge in [0.05, 0.1) is 11.4 Å². The van der Waals surface area contributed by atoms with E-state index in [-0.39, 0.29) is 0 Å². The number of likely N-dealkylation sites (tertiary alicyclic amines) is 1. The van der Waals surface area contributed by atoms with Gasteiger partial charge in [0.2, 0.25) is 5.13 Å². The lowest BCUT2D eigenvalue weighted by molar-refractivity contribution is -0.941. The Bertz CT molecular complexity index is 880. The van der Waals surface area contributed by atoms with Gasteiger partial charge < -0.3 is 10.2 Å². The van der Waals surface area contributed by atoms with Crippen LogP contribution in [-0.4, -0.2) is 16.3 Å². The first-order chi connectivity index (χ1) is 12.2. The number of aryl methyl sites for hydroxylation is 1. The van der Waals surface area contributed by atoms with E-state index >= 15 is 0 Å². The zero-order chi connectivity index (χ0) is 17.2. The number of anilines is 2. The maximum absolute atomic E-state index is 5.55. The summed E-state index contributed by atoms with van der Waals surface area (Å²) in [5, 5.41) is 11.1. The van der Waals surface area contributed by atoms with Crippen LogP contribution < -0.4 is 10.2 Å². The highest BCUT2D eigenvalue weighted by Crippen LogP contribution is 2.24. The van der Waals surface area contributed by atoms with Crippen molar-refractivity contribution in [2.45, 2.75) is 32.5 Å². The lowest BCUT2D eigenvalue weighted by atomic mass is 10.2.